The highest BCUT2D eigenvalue weighted by molar-refractivity contribution is 5.79. The number of nitrogens with zero attached hydrogens (tertiary/aromatic N) is 1. The van der Waals surface area contributed by atoms with Crippen molar-refractivity contribution in [2.24, 2.45) is 0 Å². The Labute approximate surface area is 214 Å². The fourth-order valence-corrected chi connectivity index (χ4v) is 4.85. The molecule has 0 saturated heterocycles. The van der Waals surface area contributed by atoms with Crippen LogP contribution in [0.3, 0.4) is 0 Å². The Kier molecular flexibility index (Phi) is 8.37. The second-order valence-corrected chi connectivity index (χ2v) is 10.2. The first-order valence-electron chi connectivity index (χ1n) is 13.0. The van der Waals surface area contributed by atoms with E-state index < -0.39 is 0 Å². The number of benzene rings is 3. The number of H-pyrrole nitrogens is 1. The molecule has 0 aliphatic heterocycles. The van der Waals surface area contributed by atoms with Crippen LogP contribution in [0, 0.1) is 12.7 Å². The van der Waals surface area contributed by atoms with Gasteiger partial charge in [0.2, 0.25) is 0 Å². The van der Waals surface area contributed by atoms with Gasteiger partial charge in [-0.05, 0) is 71.2 Å². The topological polar surface area (TPSA) is 36.1 Å². The van der Waals surface area contributed by atoms with Crippen LogP contribution in [0.25, 0.3) is 10.9 Å². The van der Waals surface area contributed by atoms with E-state index in [1.807, 2.05) is 25.1 Å². The van der Waals surface area contributed by atoms with Gasteiger partial charge in [-0.1, -0.05) is 82.1 Å². The number of fused-ring (bicyclic) bond motifs is 1. The van der Waals surface area contributed by atoms with Gasteiger partial charge in [-0.2, -0.15) is 0 Å². The Morgan fingerprint density at radius 3 is 2.14 bits per heavy atom. The van der Waals surface area contributed by atoms with Crippen LogP contribution >= 0.6 is 0 Å². The zero-order valence-corrected chi connectivity index (χ0v) is 21.9. The van der Waals surface area contributed by atoms with Crippen LogP contribution in [0.4, 0.5) is 4.39 Å². The molecule has 3 aromatic carbocycles. The van der Waals surface area contributed by atoms with Gasteiger partial charge in [-0.15, -0.1) is 0 Å². The molecule has 4 rings (SSSR count). The summed E-state index contributed by atoms with van der Waals surface area (Å²) in [5, 5.41) is 1.04. The van der Waals surface area contributed by atoms with E-state index in [0.29, 0.717) is 19.0 Å². The lowest BCUT2D eigenvalue weighted by atomic mass is 9.96. The van der Waals surface area contributed by atoms with Crippen molar-refractivity contribution in [1.29, 1.82) is 0 Å². The quantitative estimate of drug-likeness (QED) is 0.247. The molecule has 1 aromatic heterocycles. The van der Waals surface area contributed by atoms with Crippen molar-refractivity contribution < 1.29 is 4.39 Å². The van der Waals surface area contributed by atoms with Gasteiger partial charge in [0.05, 0.1) is 0 Å². The number of hydrogen-bond acceptors (Lipinski definition) is 2. The number of unbranched alkanes of at least 4 members (excludes halogenated alkanes) is 1. The number of halogens is 1. The highest BCUT2D eigenvalue weighted by atomic mass is 19.1. The summed E-state index contributed by atoms with van der Waals surface area (Å²) in [5.74, 6) is 0.241. The van der Waals surface area contributed by atoms with Gasteiger partial charge in [0, 0.05) is 30.2 Å². The van der Waals surface area contributed by atoms with Crippen LogP contribution in [0.5, 0.6) is 0 Å². The third-order valence-electron chi connectivity index (χ3n) is 6.99. The maximum Gasteiger partial charge on any atom is 0.253 e. The fourth-order valence-electron chi connectivity index (χ4n) is 4.85. The van der Waals surface area contributed by atoms with Crippen molar-refractivity contribution in [3.63, 3.8) is 0 Å². The Balaban J connectivity index is 1.76. The lowest BCUT2D eigenvalue weighted by Gasteiger charge is -2.32. The summed E-state index contributed by atoms with van der Waals surface area (Å²) in [5.41, 5.74) is 6.30. The number of aromatic amines is 1. The number of aromatic nitrogens is 1. The molecule has 36 heavy (non-hydrogen) atoms. The van der Waals surface area contributed by atoms with Crippen molar-refractivity contribution in [2.75, 3.05) is 0 Å². The predicted molar refractivity (Wildman–Crippen MR) is 148 cm³/mol. The first-order chi connectivity index (χ1) is 17.3. The molecule has 0 bridgehead atoms. The standard InChI is InChI=1S/C32H37FN2O/c1-5-6-7-31(29-19-27-13-8-23(4)18-30(27)34-32(29)36)35(21-25-11-16-28(33)17-12-25)20-24-9-14-26(15-10-24)22(2)3/h8-19,22,31H,5-7,20-21H2,1-4H3,(H,34,36). The van der Waals surface area contributed by atoms with Gasteiger partial charge < -0.3 is 4.98 Å². The summed E-state index contributed by atoms with van der Waals surface area (Å²) < 4.78 is 13.6. The third kappa shape index (κ3) is 6.30. The molecule has 0 fully saturated rings. The number of hydrogen-bond donors (Lipinski definition) is 1. The van der Waals surface area contributed by atoms with E-state index in [9.17, 15) is 9.18 Å². The van der Waals surface area contributed by atoms with E-state index in [0.717, 1.165) is 46.9 Å². The predicted octanol–water partition coefficient (Wildman–Crippen LogP) is 8.03. The summed E-state index contributed by atoms with van der Waals surface area (Å²) in [6, 6.07) is 23.7. The largest absolute Gasteiger partial charge is 0.322 e. The third-order valence-corrected chi connectivity index (χ3v) is 6.99. The lowest BCUT2D eigenvalue weighted by molar-refractivity contribution is 0.165. The number of aryl methyl sites for hydroxylation is 1. The molecule has 1 N–H and O–H groups in total. The highest BCUT2D eigenvalue weighted by Crippen LogP contribution is 2.30. The van der Waals surface area contributed by atoms with E-state index in [4.69, 9.17) is 0 Å². The molecular weight excluding hydrogens is 447 g/mol. The van der Waals surface area contributed by atoms with Gasteiger partial charge in [0.15, 0.2) is 0 Å². The van der Waals surface area contributed by atoms with Gasteiger partial charge in [-0.3, -0.25) is 9.69 Å². The summed E-state index contributed by atoms with van der Waals surface area (Å²) in [6.07, 6.45) is 2.94. The zero-order chi connectivity index (χ0) is 25.7. The molecule has 4 aromatic rings. The number of rotatable bonds is 10. The van der Waals surface area contributed by atoms with E-state index in [1.165, 1.54) is 23.3 Å². The second-order valence-electron chi connectivity index (χ2n) is 10.2. The van der Waals surface area contributed by atoms with Crippen molar-refractivity contribution in [1.82, 2.24) is 9.88 Å². The monoisotopic (exact) mass is 484 g/mol. The molecule has 0 radical (unpaired) electrons. The molecule has 0 amide bonds. The Morgan fingerprint density at radius 2 is 1.53 bits per heavy atom. The van der Waals surface area contributed by atoms with E-state index in [1.54, 1.807) is 0 Å². The van der Waals surface area contributed by atoms with Crippen LogP contribution < -0.4 is 5.56 Å². The van der Waals surface area contributed by atoms with Gasteiger partial charge in [0.25, 0.3) is 5.56 Å². The SMILES string of the molecule is CCCCC(c1cc2ccc(C)cc2[nH]c1=O)N(Cc1ccc(F)cc1)Cc1ccc(C(C)C)cc1. The van der Waals surface area contributed by atoms with Crippen molar-refractivity contribution in [2.45, 2.75) is 72.0 Å². The van der Waals surface area contributed by atoms with E-state index in [-0.39, 0.29) is 17.4 Å². The number of nitrogens with one attached hydrogen (secondary N) is 1. The smallest absolute Gasteiger partial charge is 0.253 e. The van der Waals surface area contributed by atoms with Crippen molar-refractivity contribution in [3.8, 4) is 0 Å². The van der Waals surface area contributed by atoms with Crippen LogP contribution in [0.2, 0.25) is 0 Å². The molecule has 1 unspecified atom stereocenters. The van der Waals surface area contributed by atoms with Gasteiger partial charge in [0.1, 0.15) is 5.82 Å². The molecule has 1 heterocycles. The Bertz CT molecular complexity index is 1340. The highest BCUT2D eigenvalue weighted by Gasteiger charge is 2.24. The molecule has 1 atom stereocenters. The summed E-state index contributed by atoms with van der Waals surface area (Å²) in [4.78, 5) is 18.9. The molecule has 3 nitrogen and oxygen atoms in total. The molecule has 0 aliphatic rings. The van der Waals surface area contributed by atoms with Crippen molar-refractivity contribution >= 4 is 10.9 Å². The van der Waals surface area contributed by atoms with E-state index >= 15 is 0 Å². The van der Waals surface area contributed by atoms with Gasteiger partial charge in [-0.25, -0.2) is 4.39 Å². The summed E-state index contributed by atoms with van der Waals surface area (Å²) >= 11 is 0. The van der Waals surface area contributed by atoms with Crippen LogP contribution in [-0.4, -0.2) is 9.88 Å². The Hall–Kier alpha value is -3.24. The first-order valence-corrected chi connectivity index (χ1v) is 13.0. The minimum atomic E-state index is -0.238. The molecule has 0 spiro atoms. The minimum Gasteiger partial charge on any atom is -0.322 e. The normalized spacial score (nSPS) is 12.5. The van der Waals surface area contributed by atoms with Gasteiger partial charge >= 0.3 is 0 Å². The molecule has 188 valence electrons. The maximum absolute atomic E-state index is 13.6. The van der Waals surface area contributed by atoms with Crippen molar-refractivity contribution in [3.05, 3.63) is 117 Å². The van der Waals surface area contributed by atoms with Crippen LogP contribution in [0.15, 0.2) is 77.6 Å². The zero-order valence-electron chi connectivity index (χ0n) is 21.9. The summed E-state index contributed by atoms with van der Waals surface area (Å²) in [6.45, 7) is 9.94. The Morgan fingerprint density at radius 1 is 0.889 bits per heavy atom. The lowest BCUT2D eigenvalue weighted by Crippen LogP contribution is -2.32. The maximum atomic E-state index is 13.6. The summed E-state index contributed by atoms with van der Waals surface area (Å²) in [7, 11) is 0. The van der Waals surface area contributed by atoms with Crippen LogP contribution in [-0.2, 0) is 13.1 Å². The number of pyridine rings is 1. The minimum absolute atomic E-state index is 0.0338. The average Bonchev–Trinajstić information content (AvgIpc) is 2.86. The molecule has 0 aliphatic carbocycles. The molecule has 4 heteroatoms. The average molecular weight is 485 g/mol. The molecular formula is C32H37FN2O. The first kappa shape index (κ1) is 25.8. The fraction of sp³-hybridized carbons (Fsp3) is 0.344. The van der Waals surface area contributed by atoms with Crippen LogP contribution in [0.1, 0.15) is 79.8 Å². The molecule has 0 saturated carbocycles. The second kappa shape index (κ2) is 11.7. The van der Waals surface area contributed by atoms with E-state index in [2.05, 4.69) is 73.1 Å².